The van der Waals surface area contributed by atoms with E-state index in [2.05, 4.69) is 16.0 Å². The van der Waals surface area contributed by atoms with Crippen LogP contribution in [0.5, 0.6) is 0 Å². The van der Waals surface area contributed by atoms with Crippen molar-refractivity contribution in [1.29, 1.82) is 0 Å². The number of carbonyl (C=O) groups is 4. The third kappa shape index (κ3) is 3.75. The highest BCUT2D eigenvalue weighted by Gasteiger charge is 2.51. The van der Waals surface area contributed by atoms with Crippen molar-refractivity contribution in [3.05, 3.63) is 35.4 Å². The summed E-state index contributed by atoms with van der Waals surface area (Å²) in [5.41, 5.74) is 2.20. The van der Waals surface area contributed by atoms with E-state index in [4.69, 9.17) is 0 Å². The minimum Gasteiger partial charge on any atom is -0.351 e. The van der Waals surface area contributed by atoms with Gasteiger partial charge in [-0.2, -0.15) is 0 Å². The fourth-order valence-electron chi connectivity index (χ4n) is 7.77. The molecule has 1 heterocycles. The van der Waals surface area contributed by atoms with Crippen molar-refractivity contribution in [2.24, 2.45) is 35.5 Å². The van der Waals surface area contributed by atoms with Crippen LogP contribution in [-0.4, -0.2) is 29.7 Å². The van der Waals surface area contributed by atoms with Gasteiger partial charge in [-0.15, -0.1) is 0 Å². The van der Waals surface area contributed by atoms with E-state index >= 15 is 0 Å². The van der Waals surface area contributed by atoms with Gasteiger partial charge in [0.1, 0.15) is 0 Å². The molecule has 4 bridgehead atoms. The maximum Gasteiger partial charge on any atom is 0.230 e. The number of fused-ring (bicyclic) bond motifs is 1. The summed E-state index contributed by atoms with van der Waals surface area (Å²) in [4.78, 5) is 49.7. The molecule has 0 spiro atoms. The Bertz CT molecular complexity index is 993. The fraction of sp³-hybridized carbons (Fsp3) is 0.615. The van der Waals surface area contributed by atoms with Gasteiger partial charge in [0, 0.05) is 18.8 Å². The molecule has 1 aromatic rings. The molecule has 1 unspecified atom stereocenters. The summed E-state index contributed by atoms with van der Waals surface area (Å²) < 4.78 is 0. The van der Waals surface area contributed by atoms with Crippen molar-refractivity contribution in [2.45, 2.75) is 63.5 Å². The van der Waals surface area contributed by atoms with Gasteiger partial charge >= 0.3 is 0 Å². The molecule has 3 N–H and O–H groups in total. The lowest BCUT2D eigenvalue weighted by atomic mass is 9.51. The number of carbonyl (C=O) groups excluding carboxylic acids is 4. The van der Waals surface area contributed by atoms with Gasteiger partial charge in [0.25, 0.3) is 0 Å². The molecule has 3 atom stereocenters. The fourth-order valence-corrected chi connectivity index (χ4v) is 7.77. The lowest BCUT2D eigenvalue weighted by molar-refractivity contribution is -0.139. The molecular formula is C26H31N3O4. The number of nitrogens with one attached hydrogen (secondary N) is 3. The standard InChI is InChI=1S/C26H31N3O4/c30-21(11-18-12-22(31)28-25(18)32)27-20-10-15-3-1-2-4-19(15)24(20)29-26(33)23-16-6-13-5-14(8-16)9-17(23)7-13/h1-4,13-14,16-18,20,23-24H,5-12H2,(H,27,30)(H,29,33)(H,28,31,32)/t13?,14?,16?,17?,18?,20-,23?,24-/m1/s1. The smallest absolute Gasteiger partial charge is 0.230 e. The summed E-state index contributed by atoms with van der Waals surface area (Å²) in [5.74, 6) is 1.31. The van der Waals surface area contributed by atoms with Crippen LogP contribution in [0.1, 0.15) is 62.1 Å². The van der Waals surface area contributed by atoms with E-state index in [0.717, 1.165) is 23.0 Å². The summed E-state index contributed by atoms with van der Waals surface area (Å²) >= 11 is 0. The number of imide groups is 1. The molecule has 5 fully saturated rings. The third-order valence-electron chi connectivity index (χ3n) is 8.90. The molecule has 1 aliphatic heterocycles. The molecule has 4 amide bonds. The van der Waals surface area contributed by atoms with Crippen molar-refractivity contribution < 1.29 is 19.2 Å². The van der Waals surface area contributed by atoms with Crippen LogP contribution < -0.4 is 16.0 Å². The molecule has 7 heteroatoms. The summed E-state index contributed by atoms with van der Waals surface area (Å²) in [7, 11) is 0. The van der Waals surface area contributed by atoms with Crippen molar-refractivity contribution in [3.63, 3.8) is 0 Å². The van der Waals surface area contributed by atoms with E-state index in [-0.39, 0.29) is 54.5 Å². The van der Waals surface area contributed by atoms with Gasteiger partial charge in [-0.3, -0.25) is 24.5 Å². The van der Waals surface area contributed by atoms with Gasteiger partial charge in [0.05, 0.1) is 18.0 Å². The predicted octanol–water partition coefficient (Wildman–Crippen LogP) is 2.01. The molecule has 5 aliphatic carbocycles. The van der Waals surface area contributed by atoms with Gasteiger partial charge in [-0.05, 0) is 73.3 Å². The molecule has 7 nitrogen and oxygen atoms in total. The zero-order valence-electron chi connectivity index (χ0n) is 18.7. The second kappa shape index (κ2) is 7.96. The first-order valence-corrected chi connectivity index (χ1v) is 12.5. The maximum atomic E-state index is 13.6. The normalized spacial score (nSPS) is 38.2. The second-order valence-corrected chi connectivity index (χ2v) is 11.0. The molecule has 1 aromatic carbocycles. The predicted molar refractivity (Wildman–Crippen MR) is 119 cm³/mol. The van der Waals surface area contributed by atoms with Crippen molar-refractivity contribution in [3.8, 4) is 0 Å². The van der Waals surface area contributed by atoms with Crippen LogP contribution in [0, 0.1) is 35.5 Å². The molecule has 33 heavy (non-hydrogen) atoms. The Hall–Kier alpha value is -2.70. The summed E-state index contributed by atoms with van der Waals surface area (Å²) in [6, 6.07) is 7.51. The Kier molecular flexibility index (Phi) is 5.03. The molecule has 0 aromatic heterocycles. The largest absolute Gasteiger partial charge is 0.351 e. The first-order valence-electron chi connectivity index (χ1n) is 12.5. The molecule has 174 valence electrons. The van der Waals surface area contributed by atoms with Crippen LogP contribution in [0.15, 0.2) is 24.3 Å². The highest BCUT2D eigenvalue weighted by atomic mass is 16.2. The van der Waals surface area contributed by atoms with Crippen molar-refractivity contribution in [1.82, 2.24) is 16.0 Å². The van der Waals surface area contributed by atoms with Crippen LogP contribution in [0.25, 0.3) is 0 Å². The third-order valence-corrected chi connectivity index (χ3v) is 8.90. The van der Waals surface area contributed by atoms with Gasteiger partial charge in [-0.25, -0.2) is 0 Å². The Morgan fingerprint density at radius 2 is 1.61 bits per heavy atom. The minimum absolute atomic E-state index is 0.0133. The second-order valence-electron chi connectivity index (χ2n) is 11.0. The maximum absolute atomic E-state index is 13.6. The van der Waals surface area contributed by atoms with Gasteiger partial charge in [0.2, 0.25) is 23.6 Å². The number of benzene rings is 1. The minimum atomic E-state index is -0.609. The number of hydrogen-bond acceptors (Lipinski definition) is 4. The first kappa shape index (κ1) is 20.9. The number of amides is 4. The molecule has 7 rings (SSSR count). The van der Waals surface area contributed by atoms with Crippen LogP contribution in [0.4, 0.5) is 0 Å². The number of hydrogen-bond donors (Lipinski definition) is 3. The molecule has 0 radical (unpaired) electrons. The SMILES string of the molecule is O=C1CC(CC(=O)N[C@@H]2Cc3ccccc3[C@H]2NC(=O)C2C3CC4CC(C3)CC2C4)C(=O)N1. The summed E-state index contributed by atoms with van der Waals surface area (Å²) in [5, 5.41) is 8.67. The molecule has 6 aliphatic rings. The lowest BCUT2D eigenvalue weighted by Gasteiger charge is -2.53. The van der Waals surface area contributed by atoms with E-state index in [1.165, 1.54) is 32.1 Å². The van der Waals surface area contributed by atoms with E-state index in [1.54, 1.807) is 0 Å². The molecule has 1 saturated heterocycles. The first-order chi connectivity index (χ1) is 15.9. The Labute approximate surface area is 193 Å². The summed E-state index contributed by atoms with van der Waals surface area (Å²) in [6.07, 6.45) is 6.80. The van der Waals surface area contributed by atoms with E-state index < -0.39 is 5.92 Å². The quantitative estimate of drug-likeness (QED) is 0.598. The monoisotopic (exact) mass is 449 g/mol. The van der Waals surface area contributed by atoms with E-state index in [0.29, 0.717) is 18.3 Å². The Balaban J connectivity index is 1.16. The van der Waals surface area contributed by atoms with Crippen molar-refractivity contribution in [2.75, 3.05) is 0 Å². The average molecular weight is 450 g/mol. The van der Waals surface area contributed by atoms with Gasteiger partial charge in [0.15, 0.2) is 0 Å². The Morgan fingerprint density at radius 3 is 2.27 bits per heavy atom. The average Bonchev–Trinajstić information content (AvgIpc) is 3.25. The molecule has 4 saturated carbocycles. The number of rotatable bonds is 5. The summed E-state index contributed by atoms with van der Waals surface area (Å²) in [6.45, 7) is 0. The van der Waals surface area contributed by atoms with Crippen LogP contribution in [0.3, 0.4) is 0 Å². The Morgan fingerprint density at radius 1 is 0.909 bits per heavy atom. The zero-order chi connectivity index (χ0) is 22.7. The van der Waals surface area contributed by atoms with Crippen LogP contribution in [0.2, 0.25) is 0 Å². The van der Waals surface area contributed by atoms with Gasteiger partial charge < -0.3 is 10.6 Å². The topological polar surface area (TPSA) is 104 Å². The van der Waals surface area contributed by atoms with E-state index in [9.17, 15) is 19.2 Å². The zero-order valence-corrected chi connectivity index (χ0v) is 18.7. The molecular weight excluding hydrogens is 418 g/mol. The van der Waals surface area contributed by atoms with Crippen LogP contribution in [-0.2, 0) is 25.6 Å². The lowest BCUT2D eigenvalue weighted by Crippen LogP contribution is -2.53. The van der Waals surface area contributed by atoms with E-state index in [1.807, 2.05) is 24.3 Å². The van der Waals surface area contributed by atoms with Crippen LogP contribution >= 0.6 is 0 Å². The van der Waals surface area contributed by atoms with Crippen molar-refractivity contribution >= 4 is 23.6 Å². The highest BCUT2D eigenvalue weighted by molar-refractivity contribution is 6.04. The highest BCUT2D eigenvalue weighted by Crippen LogP contribution is 2.56. The van der Waals surface area contributed by atoms with Gasteiger partial charge in [-0.1, -0.05) is 24.3 Å².